The van der Waals surface area contributed by atoms with Crippen molar-refractivity contribution in [3.8, 4) is 11.5 Å². The van der Waals surface area contributed by atoms with Crippen molar-refractivity contribution in [3.05, 3.63) is 54.1 Å². The van der Waals surface area contributed by atoms with Crippen LogP contribution in [0.1, 0.15) is 26.3 Å². The molecule has 0 N–H and O–H groups in total. The summed E-state index contributed by atoms with van der Waals surface area (Å²) in [6.07, 6.45) is 0.236. The van der Waals surface area contributed by atoms with Crippen molar-refractivity contribution in [2.24, 2.45) is 0 Å². The van der Waals surface area contributed by atoms with Crippen LogP contribution in [0.15, 0.2) is 48.5 Å². The molecule has 4 heteroatoms. The van der Waals surface area contributed by atoms with Crippen LogP contribution >= 0.6 is 0 Å². The quantitative estimate of drug-likeness (QED) is 0.857. The molecule has 1 aliphatic rings. The number of hydrogen-bond acceptors (Lipinski definition) is 3. The van der Waals surface area contributed by atoms with Gasteiger partial charge in [-0.3, -0.25) is 4.79 Å². The van der Waals surface area contributed by atoms with E-state index in [9.17, 15) is 4.79 Å². The number of anilines is 1. The smallest absolute Gasteiger partial charge is 0.267 e. The molecule has 4 nitrogen and oxygen atoms in total. The van der Waals surface area contributed by atoms with Gasteiger partial charge in [-0.15, -0.1) is 0 Å². The van der Waals surface area contributed by atoms with Gasteiger partial charge >= 0.3 is 0 Å². The highest BCUT2D eigenvalue weighted by Gasteiger charge is 2.33. The zero-order valence-electron chi connectivity index (χ0n) is 14.6. The summed E-state index contributed by atoms with van der Waals surface area (Å²) in [5.74, 6) is 1.28. The van der Waals surface area contributed by atoms with Crippen molar-refractivity contribution < 1.29 is 14.3 Å². The number of carbonyl (C=O) groups is 1. The summed E-state index contributed by atoms with van der Waals surface area (Å²) in [6.45, 7) is 5.87. The summed E-state index contributed by atoms with van der Waals surface area (Å²) in [4.78, 5) is 14.2. The maximum Gasteiger partial charge on any atom is 0.267 e. The monoisotopic (exact) mass is 325 g/mol. The lowest BCUT2D eigenvalue weighted by atomic mass is 10.0. The molecular weight excluding hydrogens is 302 g/mol. The summed E-state index contributed by atoms with van der Waals surface area (Å²) in [7, 11) is 1.76. The number of para-hydroxylation sites is 2. The number of carbonyl (C=O) groups excluding carboxylic acids is 1. The third-order valence-corrected chi connectivity index (χ3v) is 4.18. The van der Waals surface area contributed by atoms with E-state index in [1.54, 1.807) is 18.9 Å². The first kappa shape index (κ1) is 16.4. The highest BCUT2D eigenvalue weighted by molar-refractivity contribution is 5.96. The maximum absolute atomic E-state index is 12.6. The van der Waals surface area contributed by atoms with Gasteiger partial charge in [-0.25, -0.2) is 0 Å². The molecular formula is C20H23NO3. The molecule has 0 saturated heterocycles. The molecule has 2 aromatic carbocycles. The predicted octanol–water partition coefficient (Wildman–Crippen LogP) is 3.83. The number of rotatable bonds is 4. The van der Waals surface area contributed by atoms with Crippen molar-refractivity contribution in [2.45, 2.75) is 38.9 Å². The summed E-state index contributed by atoms with van der Waals surface area (Å²) < 4.78 is 11.9. The molecule has 3 rings (SSSR count). The molecule has 126 valence electrons. The lowest BCUT2D eigenvalue weighted by Crippen LogP contribution is -2.38. The van der Waals surface area contributed by atoms with Gasteiger partial charge in [-0.2, -0.15) is 0 Å². The van der Waals surface area contributed by atoms with Crippen molar-refractivity contribution in [3.63, 3.8) is 0 Å². The third-order valence-electron chi connectivity index (χ3n) is 4.18. The number of benzene rings is 2. The van der Waals surface area contributed by atoms with Crippen LogP contribution in [0.5, 0.6) is 11.5 Å². The molecule has 0 aromatic heterocycles. The van der Waals surface area contributed by atoms with Gasteiger partial charge in [0.05, 0.1) is 0 Å². The topological polar surface area (TPSA) is 38.8 Å². The van der Waals surface area contributed by atoms with Crippen LogP contribution in [0, 0.1) is 0 Å². The summed E-state index contributed by atoms with van der Waals surface area (Å²) in [5, 5.41) is 0. The molecule has 0 fully saturated rings. The fraction of sp³-hybridized carbons (Fsp3) is 0.350. The molecule has 0 aliphatic carbocycles. The SMILES string of the molecule is CC(Oc1cccc2c1OC(C)(C)C2)C(=O)N(C)c1ccccc1. The van der Waals surface area contributed by atoms with Crippen LogP contribution in [0.25, 0.3) is 0 Å². The van der Waals surface area contributed by atoms with Gasteiger partial charge in [0.1, 0.15) is 5.60 Å². The second kappa shape index (κ2) is 6.19. The van der Waals surface area contributed by atoms with Gasteiger partial charge in [-0.05, 0) is 39.0 Å². The first-order chi connectivity index (χ1) is 11.4. The average Bonchev–Trinajstić information content (AvgIpc) is 2.89. The second-order valence-corrected chi connectivity index (χ2v) is 6.78. The highest BCUT2D eigenvalue weighted by atomic mass is 16.5. The Bertz CT molecular complexity index is 740. The van der Waals surface area contributed by atoms with Crippen molar-refractivity contribution in [1.29, 1.82) is 0 Å². The normalized spacial score (nSPS) is 16.0. The van der Waals surface area contributed by atoms with Crippen molar-refractivity contribution >= 4 is 11.6 Å². The Morgan fingerprint density at radius 1 is 1.17 bits per heavy atom. The van der Waals surface area contributed by atoms with Crippen LogP contribution in [0.4, 0.5) is 5.69 Å². The largest absolute Gasteiger partial charge is 0.483 e. The molecule has 0 spiro atoms. The molecule has 0 radical (unpaired) electrons. The zero-order valence-corrected chi connectivity index (χ0v) is 14.6. The van der Waals surface area contributed by atoms with Crippen LogP contribution in [0.3, 0.4) is 0 Å². The Labute approximate surface area is 143 Å². The summed E-state index contributed by atoms with van der Waals surface area (Å²) in [5.41, 5.74) is 1.72. The molecule has 1 atom stereocenters. The zero-order chi connectivity index (χ0) is 17.3. The van der Waals surface area contributed by atoms with E-state index in [1.807, 2.05) is 48.5 Å². The molecule has 24 heavy (non-hydrogen) atoms. The molecule has 0 saturated carbocycles. The van der Waals surface area contributed by atoms with Gasteiger partial charge in [-0.1, -0.05) is 30.3 Å². The molecule has 1 unspecified atom stereocenters. The van der Waals surface area contributed by atoms with Gasteiger partial charge in [0, 0.05) is 24.7 Å². The number of fused-ring (bicyclic) bond motifs is 1. The van der Waals surface area contributed by atoms with Gasteiger partial charge in [0.2, 0.25) is 0 Å². The van der Waals surface area contributed by atoms with Crippen molar-refractivity contribution in [1.82, 2.24) is 0 Å². The summed E-state index contributed by atoms with van der Waals surface area (Å²) in [6, 6.07) is 15.4. The standard InChI is InChI=1S/C20H23NO3/c1-14(19(22)21(4)16-10-6-5-7-11-16)23-17-12-8-9-15-13-20(2,3)24-18(15)17/h5-12,14H,13H2,1-4H3. The van der Waals surface area contributed by atoms with Gasteiger partial charge in [0.25, 0.3) is 5.91 Å². The fourth-order valence-electron chi connectivity index (χ4n) is 2.97. The highest BCUT2D eigenvalue weighted by Crippen LogP contribution is 2.42. The Morgan fingerprint density at radius 3 is 2.58 bits per heavy atom. The first-order valence-corrected chi connectivity index (χ1v) is 8.17. The van der Waals surface area contributed by atoms with E-state index >= 15 is 0 Å². The van der Waals surface area contributed by atoms with E-state index in [2.05, 4.69) is 13.8 Å². The van der Waals surface area contributed by atoms with Gasteiger partial charge in [0.15, 0.2) is 17.6 Å². The maximum atomic E-state index is 12.6. The second-order valence-electron chi connectivity index (χ2n) is 6.78. The number of ether oxygens (including phenoxy) is 2. The Hall–Kier alpha value is -2.49. The number of nitrogens with zero attached hydrogens (tertiary/aromatic N) is 1. The number of amides is 1. The first-order valence-electron chi connectivity index (χ1n) is 8.17. The van der Waals surface area contributed by atoms with Crippen LogP contribution in [0.2, 0.25) is 0 Å². The molecule has 1 aliphatic heterocycles. The van der Waals surface area contributed by atoms with E-state index in [0.717, 1.165) is 23.4 Å². The van der Waals surface area contributed by atoms with Crippen LogP contribution in [-0.4, -0.2) is 24.7 Å². The minimum atomic E-state index is -0.603. The molecule has 1 heterocycles. The minimum absolute atomic E-state index is 0.101. The fourth-order valence-corrected chi connectivity index (χ4v) is 2.97. The third kappa shape index (κ3) is 3.23. The lowest BCUT2D eigenvalue weighted by Gasteiger charge is -2.23. The Balaban J connectivity index is 1.76. The minimum Gasteiger partial charge on any atom is -0.483 e. The Morgan fingerprint density at radius 2 is 1.88 bits per heavy atom. The van der Waals surface area contributed by atoms with E-state index < -0.39 is 6.10 Å². The number of hydrogen-bond donors (Lipinski definition) is 0. The molecule has 1 amide bonds. The van der Waals surface area contributed by atoms with E-state index in [-0.39, 0.29) is 11.5 Å². The summed E-state index contributed by atoms with van der Waals surface area (Å²) >= 11 is 0. The van der Waals surface area contributed by atoms with E-state index in [0.29, 0.717) is 5.75 Å². The van der Waals surface area contributed by atoms with Crippen LogP contribution < -0.4 is 14.4 Å². The van der Waals surface area contributed by atoms with Crippen molar-refractivity contribution in [2.75, 3.05) is 11.9 Å². The van der Waals surface area contributed by atoms with E-state index in [4.69, 9.17) is 9.47 Å². The number of likely N-dealkylation sites (N-methyl/N-ethyl adjacent to an activating group) is 1. The molecule has 2 aromatic rings. The lowest BCUT2D eigenvalue weighted by molar-refractivity contribution is -0.124. The van der Waals surface area contributed by atoms with E-state index in [1.165, 1.54) is 0 Å². The molecule has 0 bridgehead atoms. The Kier molecular flexibility index (Phi) is 4.22. The predicted molar refractivity (Wildman–Crippen MR) is 94.8 cm³/mol. The average molecular weight is 325 g/mol. The van der Waals surface area contributed by atoms with Gasteiger partial charge < -0.3 is 14.4 Å². The van der Waals surface area contributed by atoms with Crippen LogP contribution in [-0.2, 0) is 11.2 Å².